The summed E-state index contributed by atoms with van der Waals surface area (Å²) in [6.45, 7) is 3.90. The smallest absolute Gasteiger partial charge is 0.317 e. The monoisotopic (exact) mass is 261 g/mol. The third-order valence-corrected chi connectivity index (χ3v) is 3.10. The highest BCUT2D eigenvalue weighted by molar-refractivity contribution is 5.97. The van der Waals surface area contributed by atoms with Crippen molar-refractivity contribution in [1.82, 2.24) is 10.2 Å². The van der Waals surface area contributed by atoms with Gasteiger partial charge in [0, 0.05) is 25.3 Å². The van der Waals surface area contributed by atoms with Gasteiger partial charge in [-0.3, -0.25) is 4.79 Å². The first kappa shape index (κ1) is 13.4. The minimum atomic E-state index is -0.150. The molecule has 5 heteroatoms. The van der Waals surface area contributed by atoms with E-state index in [1.807, 2.05) is 37.3 Å². The summed E-state index contributed by atoms with van der Waals surface area (Å²) in [7, 11) is 0. The van der Waals surface area contributed by atoms with Crippen molar-refractivity contribution in [2.45, 2.75) is 13.3 Å². The largest absolute Gasteiger partial charge is 0.338 e. The van der Waals surface area contributed by atoms with Crippen molar-refractivity contribution < 1.29 is 9.59 Å². The molecule has 0 spiro atoms. The number of rotatable bonds is 3. The van der Waals surface area contributed by atoms with E-state index in [0.29, 0.717) is 19.6 Å². The molecular formula is C14H19N3O2. The molecule has 1 N–H and O–H groups in total. The Morgan fingerprint density at radius 3 is 2.63 bits per heavy atom. The molecule has 1 aromatic rings. The van der Waals surface area contributed by atoms with E-state index in [2.05, 4.69) is 5.32 Å². The number of piperazine rings is 1. The highest BCUT2D eigenvalue weighted by Crippen LogP contribution is 2.16. The third kappa shape index (κ3) is 3.24. The summed E-state index contributed by atoms with van der Waals surface area (Å²) in [5.74, 6) is -0.0379. The van der Waals surface area contributed by atoms with Crippen LogP contribution in [0, 0.1) is 0 Å². The van der Waals surface area contributed by atoms with Gasteiger partial charge in [0.05, 0.1) is 0 Å². The van der Waals surface area contributed by atoms with E-state index in [4.69, 9.17) is 0 Å². The SMILES string of the molecule is CCCNC(=O)N1CCN(c2ccccc2)C(=O)C1. The van der Waals surface area contributed by atoms with Gasteiger partial charge in [0.15, 0.2) is 0 Å². The summed E-state index contributed by atoms with van der Waals surface area (Å²) in [5.41, 5.74) is 0.890. The maximum Gasteiger partial charge on any atom is 0.317 e. The number of urea groups is 1. The van der Waals surface area contributed by atoms with E-state index in [9.17, 15) is 9.59 Å². The van der Waals surface area contributed by atoms with Gasteiger partial charge < -0.3 is 15.1 Å². The number of hydrogen-bond donors (Lipinski definition) is 1. The molecule has 0 unspecified atom stereocenters. The summed E-state index contributed by atoms with van der Waals surface area (Å²) in [6, 6.07) is 9.40. The van der Waals surface area contributed by atoms with E-state index >= 15 is 0 Å². The van der Waals surface area contributed by atoms with Crippen LogP contribution in [0.3, 0.4) is 0 Å². The zero-order valence-electron chi connectivity index (χ0n) is 11.1. The molecule has 0 atom stereocenters. The molecule has 1 aromatic carbocycles. The molecule has 3 amide bonds. The van der Waals surface area contributed by atoms with Gasteiger partial charge in [-0.1, -0.05) is 25.1 Å². The summed E-state index contributed by atoms with van der Waals surface area (Å²) >= 11 is 0. The van der Waals surface area contributed by atoms with E-state index in [1.165, 1.54) is 0 Å². The molecule has 102 valence electrons. The molecule has 1 saturated heterocycles. The normalized spacial score (nSPS) is 15.5. The van der Waals surface area contributed by atoms with Crippen molar-refractivity contribution in [1.29, 1.82) is 0 Å². The Kier molecular flexibility index (Phi) is 4.39. The second-order valence-electron chi connectivity index (χ2n) is 4.53. The Morgan fingerprint density at radius 1 is 1.26 bits per heavy atom. The maximum atomic E-state index is 12.1. The van der Waals surface area contributed by atoms with Crippen LogP contribution in [0.4, 0.5) is 10.5 Å². The van der Waals surface area contributed by atoms with Crippen molar-refractivity contribution in [3.05, 3.63) is 30.3 Å². The standard InChI is InChI=1S/C14H19N3O2/c1-2-8-15-14(19)16-9-10-17(13(18)11-16)12-6-4-3-5-7-12/h3-7H,2,8-11H2,1H3,(H,15,19). The number of anilines is 1. The lowest BCUT2D eigenvalue weighted by Gasteiger charge is -2.34. The van der Waals surface area contributed by atoms with Crippen LogP contribution in [-0.4, -0.2) is 43.0 Å². The quantitative estimate of drug-likeness (QED) is 0.895. The molecule has 0 aliphatic carbocycles. The van der Waals surface area contributed by atoms with Crippen LogP contribution in [0.5, 0.6) is 0 Å². The van der Waals surface area contributed by atoms with Crippen molar-refractivity contribution in [3.8, 4) is 0 Å². The number of para-hydroxylation sites is 1. The number of nitrogens with one attached hydrogen (secondary N) is 1. The van der Waals surface area contributed by atoms with E-state index in [1.54, 1.807) is 9.80 Å². The Labute approximate surface area is 113 Å². The van der Waals surface area contributed by atoms with Crippen LogP contribution >= 0.6 is 0 Å². The zero-order valence-corrected chi connectivity index (χ0v) is 11.1. The van der Waals surface area contributed by atoms with Crippen molar-refractivity contribution in [3.63, 3.8) is 0 Å². The molecule has 2 rings (SSSR count). The van der Waals surface area contributed by atoms with Gasteiger partial charge in [0.1, 0.15) is 6.54 Å². The molecular weight excluding hydrogens is 242 g/mol. The van der Waals surface area contributed by atoms with E-state index < -0.39 is 0 Å². The van der Waals surface area contributed by atoms with E-state index in [0.717, 1.165) is 12.1 Å². The van der Waals surface area contributed by atoms with Crippen LogP contribution < -0.4 is 10.2 Å². The molecule has 0 aromatic heterocycles. The maximum absolute atomic E-state index is 12.1. The molecule has 19 heavy (non-hydrogen) atoms. The van der Waals surface area contributed by atoms with Crippen LogP contribution in [-0.2, 0) is 4.79 Å². The lowest BCUT2D eigenvalue weighted by atomic mass is 10.2. The Balaban J connectivity index is 1.95. The fourth-order valence-corrected chi connectivity index (χ4v) is 2.07. The molecule has 1 aliphatic rings. The van der Waals surface area contributed by atoms with Crippen LogP contribution in [0.15, 0.2) is 30.3 Å². The molecule has 1 aliphatic heterocycles. The average Bonchev–Trinajstić information content (AvgIpc) is 2.45. The highest BCUT2D eigenvalue weighted by atomic mass is 16.2. The van der Waals surface area contributed by atoms with Gasteiger partial charge >= 0.3 is 6.03 Å². The topological polar surface area (TPSA) is 52.7 Å². The van der Waals surface area contributed by atoms with Gasteiger partial charge in [-0.2, -0.15) is 0 Å². The number of hydrogen-bond acceptors (Lipinski definition) is 2. The molecule has 5 nitrogen and oxygen atoms in total. The fourth-order valence-electron chi connectivity index (χ4n) is 2.07. The second kappa shape index (κ2) is 6.22. The summed E-state index contributed by atoms with van der Waals surface area (Å²) in [6.07, 6.45) is 0.893. The predicted octanol–water partition coefficient (Wildman–Crippen LogP) is 1.45. The second-order valence-corrected chi connectivity index (χ2v) is 4.53. The lowest BCUT2D eigenvalue weighted by molar-refractivity contribution is -0.120. The first-order valence-electron chi connectivity index (χ1n) is 6.60. The fraction of sp³-hybridized carbons (Fsp3) is 0.429. The van der Waals surface area contributed by atoms with Crippen molar-refractivity contribution in [2.24, 2.45) is 0 Å². The Bertz CT molecular complexity index is 447. The van der Waals surface area contributed by atoms with Gasteiger partial charge in [-0.25, -0.2) is 4.79 Å². The number of carbonyl (C=O) groups excluding carboxylic acids is 2. The molecule has 0 saturated carbocycles. The minimum Gasteiger partial charge on any atom is -0.338 e. The lowest BCUT2D eigenvalue weighted by Crippen LogP contribution is -2.54. The van der Waals surface area contributed by atoms with Gasteiger partial charge in [0.2, 0.25) is 5.91 Å². The first-order valence-corrected chi connectivity index (χ1v) is 6.60. The predicted molar refractivity (Wildman–Crippen MR) is 74.1 cm³/mol. The molecule has 1 heterocycles. The minimum absolute atomic E-state index is 0.0379. The number of carbonyl (C=O) groups is 2. The first-order chi connectivity index (χ1) is 9.22. The third-order valence-electron chi connectivity index (χ3n) is 3.10. The molecule has 1 fully saturated rings. The average molecular weight is 261 g/mol. The van der Waals surface area contributed by atoms with Gasteiger partial charge in [-0.15, -0.1) is 0 Å². The summed E-state index contributed by atoms with van der Waals surface area (Å²) in [4.78, 5) is 27.2. The Hall–Kier alpha value is -2.04. The van der Waals surface area contributed by atoms with Crippen LogP contribution in [0.2, 0.25) is 0 Å². The number of benzene rings is 1. The van der Waals surface area contributed by atoms with E-state index in [-0.39, 0.29) is 18.5 Å². The van der Waals surface area contributed by atoms with Crippen LogP contribution in [0.25, 0.3) is 0 Å². The zero-order chi connectivity index (χ0) is 13.7. The highest BCUT2D eigenvalue weighted by Gasteiger charge is 2.27. The van der Waals surface area contributed by atoms with Crippen molar-refractivity contribution >= 4 is 17.6 Å². The molecule has 0 bridgehead atoms. The molecule has 0 radical (unpaired) electrons. The van der Waals surface area contributed by atoms with Crippen LogP contribution in [0.1, 0.15) is 13.3 Å². The van der Waals surface area contributed by atoms with Gasteiger partial charge in [-0.05, 0) is 18.6 Å². The Morgan fingerprint density at radius 2 is 2.00 bits per heavy atom. The number of nitrogens with zero attached hydrogens (tertiary/aromatic N) is 2. The summed E-state index contributed by atoms with van der Waals surface area (Å²) < 4.78 is 0. The van der Waals surface area contributed by atoms with Gasteiger partial charge in [0.25, 0.3) is 0 Å². The van der Waals surface area contributed by atoms with Crippen molar-refractivity contribution in [2.75, 3.05) is 31.1 Å². The summed E-state index contributed by atoms with van der Waals surface area (Å²) in [5, 5.41) is 2.79. The number of amides is 3.